The third kappa shape index (κ3) is 2.92. The van der Waals surface area contributed by atoms with Crippen molar-refractivity contribution in [2.24, 2.45) is 5.41 Å². The van der Waals surface area contributed by atoms with Crippen LogP contribution in [0.2, 0.25) is 0 Å². The molecule has 1 aromatic rings. The fourth-order valence-corrected chi connectivity index (χ4v) is 4.45. The van der Waals surface area contributed by atoms with Gasteiger partial charge in [0.15, 0.2) is 0 Å². The van der Waals surface area contributed by atoms with Crippen LogP contribution >= 0.6 is 15.9 Å². The SMILES string of the molecule is COC(=O)COC1(c2ccncc2Br)CC2(CCNCC2)C1. The molecule has 3 rings (SSSR count). The number of rotatable bonds is 4. The lowest BCUT2D eigenvalue weighted by Crippen LogP contribution is -2.55. The summed E-state index contributed by atoms with van der Waals surface area (Å²) >= 11 is 3.57. The average molecular weight is 369 g/mol. The maximum absolute atomic E-state index is 11.5. The van der Waals surface area contributed by atoms with E-state index in [1.165, 1.54) is 20.0 Å². The van der Waals surface area contributed by atoms with E-state index in [4.69, 9.17) is 9.47 Å². The minimum absolute atomic E-state index is 0.0143. The Morgan fingerprint density at radius 3 is 2.77 bits per heavy atom. The van der Waals surface area contributed by atoms with E-state index < -0.39 is 5.60 Å². The van der Waals surface area contributed by atoms with Crippen LogP contribution in [0.4, 0.5) is 0 Å². The molecule has 1 aliphatic carbocycles. The summed E-state index contributed by atoms with van der Waals surface area (Å²) in [4.78, 5) is 15.6. The Kier molecular flexibility index (Phi) is 4.52. The summed E-state index contributed by atoms with van der Waals surface area (Å²) in [6.45, 7) is 2.11. The number of aromatic nitrogens is 1. The Morgan fingerprint density at radius 1 is 1.41 bits per heavy atom. The Balaban J connectivity index is 1.81. The molecule has 0 aromatic carbocycles. The van der Waals surface area contributed by atoms with E-state index >= 15 is 0 Å². The van der Waals surface area contributed by atoms with E-state index in [0.717, 1.165) is 36.0 Å². The lowest BCUT2D eigenvalue weighted by Gasteiger charge is -2.58. The second kappa shape index (κ2) is 6.26. The number of piperidine rings is 1. The van der Waals surface area contributed by atoms with Gasteiger partial charge in [0.1, 0.15) is 6.61 Å². The fourth-order valence-electron chi connectivity index (χ4n) is 3.84. The Morgan fingerprint density at radius 2 is 2.14 bits per heavy atom. The van der Waals surface area contributed by atoms with Gasteiger partial charge in [-0.15, -0.1) is 0 Å². The number of nitrogens with one attached hydrogen (secondary N) is 1. The first kappa shape index (κ1) is 15.9. The van der Waals surface area contributed by atoms with Gasteiger partial charge in [0.05, 0.1) is 12.7 Å². The molecule has 120 valence electrons. The molecule has 1 saturated heterocycles. The Hall–Kier alpha value is -0.980. The number of halogens is 1. The minimum atomic E-state index is -0.409. The molecule has 0 amide bonds. The maximum Gasteiger partial charge on any atom is 0.331 e. The highest BCUT2D eigenvalue weighted by Gasteiger charge is 2.57. The van der Waals surface area contributed by atoms with Crippen LogP contribution in [0, 0.1) is 5.41 Å². The van der Waals surface area contributed by atoms with Crippen molar-refractivity contribution in [3.63, 3.8) is 0 Å². The standard InChI is InChI=1S/C16H21BrN2O3/c1-21-14(20)9-22-16(12-2-5-19-8-13(12)17)10-15(11-16)3-6-18-7-4-15/h2,5,8,18H,3-4,6-7,9-11H2,1H3. The van der Waals surface area contributed by atoms with Crippen molar-refractivity contribution >= 4 is 21.9 Å². The number of pyridine rings is 1. The van der Waals surface area contributed by atoms with E-state index in [1.807, 2.05) is 6.07 Å². The average Bonchev–Trinajstić information content (AvgIpc) is 2.52. The molecular formula is C16H21BrN2O3. The summed E-state index contributed by atoms with van der Waals surface area (Å²) in [6, 6.07) is 1.98. The number of nitrogens with zero attached hydrogens (tertiary/aromatic N) is 1. The van der Waals surface area contributed by atoms with Crippen LogP contribution in [0.1, 0.15) is 31.2 Å². The van der Waals surface area contributed by atoms with Gasteiger partial charge in [-0.3, -0.25) is 4.98 Å². The van der Waals surface area contributed by atoms with E-state index in [1.54, 1.807) is 12.4 Å². The molecule has 0 unspecified atom stereocenters. The molecule has 2 aliphatic rings. The molecule has 2 heterocycles. The van der Waals surface area contributed by atoms with E-state index in [2.05, 4.69) is 26.2 Å². The molecule has 1 N–H and O–H groups in total. The van der Waals surface area contributed by atoms with Crippen molar-refractivity contribution in [1.29, 1.82) is 0 Å². The third-order valence-electron chi connectivity index (χ3n) is 4.94. The summed E-state index contributed by atoms with van der Waals surface area (Å²) in [5.74, 6) is -0.337. The molecule has 0 bridgehead atoms. The number of methoxy groups -OCH3 is 1. The first-order valence-electron chi connectivity index (χ1n) is 7.61. The normalized spacial score (nSPS) is 22.1. The number of carbonyl (C=O) groups is 1. The zero-order valence-electron chi connectivity index (χ0n) is 12.7. The van der Waals surface area contributed by atoms with Crippen LogP contribution in [-0.4, -0.2) is 37.8 Å². The molecule has 1 spiro atoms. The summed E-state index contributed by atoms with van der Waals surface area (Å²) in [5, 5.41) is 3.41. The topological polar surface area (TPSA) is 60.5 Å². The minimum Gasteiger partial charge on any atom is -0.467 e. The van der Waals surface area contributed by atoms with Crippen LogP contribution in [0.15, 0.2) is 22.9 Å². The quantitative estimate of drug-likeness (QED) is 0.826. The summed E-state index contributed by atoms with van der Waals surface area (Å²) in [7, 11) is 1.38. The molecule has 1 aliphatic heterocycles. The molecular weight excluding hydrogens is 348 g/mol. The monoisotopic (exact) mass is 368 g/mol. The number of ether oxygens (including phenoxy) is 2. The van der Waals surface area contributed by atoms with Gasteiger partial charge >= 0.3 is 5.97 Å². The van der Waals surface area contributed by atoms with Crippen molar-refractivity contribution < 1.29 is 14.3 Å². The molecule has 0 atom stereocenters. The zero-order valence-corrected chi connectivity index (χ0v) is 14.3. The molecule has 2 fully saturated rings. The largest absolute Gasteiger partial charge is 0.467 e. The number of esters is 1. The molecule has 1 saturated carbocycles. The van der Waals surface area contributed by atoms with Crippen LogP contribution in [0.25, 0.3) is 0 Å². The Labute approximate surface area is 138 Å². The van der Waals surface area contributed by atoms with Gasteiger partial charge in [-0.2, -0.15) is 0 Å². The zero-order chi connectivity index (χ0) is 15.6. The highest BCUT2D eigenvalue weighted by atomic mass is 79.9. The summed E-state index contributed by atoms with van der Waals surface area (Å²) in [6.07, 6.45) is 7.78. The van der Waals surface area contributed by atoms with Gasteiger partial charge in [0.25, 0.3) is 0 Å². The van der Waals surface area contributed by atoms with Crippen molar-refractivity contribution in [3.05, 3.63) is 28.5 Å². The van der Waals surface area contributed by atoms with E-state index in [9.17, 15) is 4.79 Å². The van der Waals surface area contributed by atoms with Crippen molar-refractivity contribution in [3.8, 4) is 0 Å². The van der Waals surface area contributed by atoms with Crippen molar-refractivity contribution in [1.82, 2.24) is 10.3 Å². The third-order valence-corrected chi connectivity index (χ3v) is 5.57. The Bertz CT molecular complexity index is 550. The second-order valence-electron chi connectivity index (χ2n) is 6.32. The number of hydrogen-bond acceptors (Lipinski definition) is 5. The lowest BCUT2D eigenvalue weighted by atomic mass is 9.53. The second-order valence-corrected chi connectivity index (χ2v) is 7.17. The molecule has 5 nitrogen and oxygen atoms in total. The predicted octanol–water partition coefficient (Wildman–Crippen LogP) is 2.39. The van der Waals surface area contributed by atoms with E-state index in [0.29, 0.717) is 5.41 Å². The van der Waals surface area contributed by atoms with Gasteiger partial charge < -0.3 is 14.8 Å². The van der Waals surface area contributed by atoms with Crippen LogP contribution in [-0.2, 0) is 19.9 Å². The lowest BCUT2D eigenvalue weighted by molar-refractivity contribution is -0.196. The summed E-state index contributed by atoms with van der Waals surface area (Å²) < 4.78 is 11.7. The number of hydrogen-bond donors (Lipinski definition) is 1. The van der Waals surface area contributed by atoms with Gasteiger partial charge in [0, 0.05) is 22.4 Å². The van der Waals surface area contributed by atoms with Crippen LogP contribution < -0.4 is 5.32 Å². The van der Waals surface area contributed by atoms with Gasteiger partial charge in [0.2, 0.25) is 0 Å². The summed E-state index contributed by atoms with van der Waals surface area (Å²) in [5.41, 5.74) is 1.01. The van der Waals surface area contributed by atoms with Gasteiger partial charge in [-0.05, 0) is 66.2 Å². The van der Waals surface area contributed by atoms with Crippen molar-refractivity contribution in [2.75, 3.05) is 26.8 Å². The maximum atomic E-state index is 11.5. The predicted molar refractivity (Wildman–Crippen MR) is 85.4 cm³/mol. The van der Waals surface area contributed by atoms with Gasteiger partial charge in [-0.25, -0.2) is 4.79 Å². The molecule has 1 aromatic heterocycles. The highest BCUT2D eigenvalue weighted by Crippen LogP contribution is 2.61. The molecule has 22 heavy (non-hydrogen) atoms. The number of carbonyl (C=O) groups excluding carboxylic acids is 1. The smallest absolute Gasteiger partial charge is 0.331 e. The molecule has 0 radical (unpaired) electrons. The van der Waals surface area contributed by atoms with E-state index in [-0.39, 0.29) is 12.6 Å². The fraction of sp³-hybridized carbons (Fsp3) is 0.625. The highest BCUT2D eigenvalue weighted by molar-refractivity contribution is 9.10. The first-order valence-corrected chi connectivity index (χ1v) is 8.40. The van der Waals surface area contributed by atoms with Crippen LogP contribution in [0.3, 0.4) is 0 Å². The molecule has 6 heteroatoms. The first-order chi connectivity index (χ1) is 10.6. The van der Waals surface area contributed by atoms with Crippen molar-refractivity contribution in [2.45, 2.75) is 31.3 Å². The van der Waals surface area contributed by atoms with Crippen LogP contribution in [0.5, 0.6) is 0 Å². The van der Waals surface area contributed by atoms with Gasteiger partial charge in [-0.1, -0.05) is 0 Å².